The minimum atomic E-state index is -4.78. The van der Waals surface area contributed by atoms with Crippen LogP contribution in [0.25, 0.3) is 0 Å². The number of aliphatic hydroxyl groups is 1. The smallest absolute Gasteiger partial charge is 0.395 e. The monoisotopic (exact) mass is 445 g/mol. The average Bonchev–Trinajstić information content (AvgIpc) is 2.65. The standard InChI is InChI=1S/C18H16ClF4N5O2/c19-10-2-1-3-11(4-10)27-13(6-16(24)18(21,22)23)8-26-17(30)28-12-5-14(20)15(9-29)25-7-12/h1-7,29H,8-9,24H2,(H2,26,28,30). The number of nitrogens with two attached hydrogens (primary N) is 1. The van der Waals surface area contributed by atoms with Crippen LogP contribution in [0, 0.1) is 5.82 Å². The maximum atomic E-state index is 13.6. The highest BCUT2D eigenvalue weighted by molar-refractivity contribution is 6.30. The van der Waals surface area contributed by atoms with Gasteiger partial charge in [0.2, 0.25) is 0 Å². The van der Waals surface area contributed by atoms with Crippen molar-refractivity contribution in [2.24, 2.45) is 10.7 Å². The van der Waals surface area contributed by atoms with Crippen molar-refractivity contribution in [3.63, 3.8) is 0 Å². The number of alkyl halides is 3. The van der Waals surface area contributed by atoms with E-state index in [-0.39, 0.29) is 22.8 Å². The van der Waals surface area contributed by atoms with Crippen LogP contribution in [0.2, 0.25) is 5.02 Å². The van der Waals surface area contributed by atoms with Crippen molar-refractivity contribution in [3.05, 3.63) is 64.8 Å². The van der Waals surface area contributed by atoms with Crippen molar-refractivity contribution >= 4 is 34.7 Å². The second kappa shape index (κ2) is 10.0. The summed E-state index contributed by atoms with van der Waals surface area (Å²) in [5.41, 5.74) is 3.44. The molecule has 2 amide bonds. The molecule has 0 fully saturated rings. The summed E-state index contributed by atoms with van der Waals surface area (Å²) in [6.45, 7) is -1.05. The van der Waals surface area contributed by atoms with Crippen LogP contribution >= 0.6 is 11.6 Å². The van der Waals surface area contributed by atoms with Gasteiger partial charge in [0.15, 0.2) is 0 Å². The fraction of sp³-hybridized carbons (Fsp3) is 0.167. The predicted octanol–water partition coefficient (Wildman–Crippen LogP) is 3.67. The summed E-state index contributed by atoms with van der Waals surface area (Å²) in [6.07, 6.45) is -3.09. The van der Waals surface area contributed by atoms with Gasteiger partial charge in [-0.2, -0.15) is 13.2 Å². The van der Waals surface area contributed by atoms with Crippen LogP contribution in [-0.4, -0.2) is 34.6 Å². The molecule has 0 aliphatic rings. The van der Waals surface area contributed by atoms with Crippen molar-refractivity contribution in [2.75, 3.05) is 11.9 Å². The van der Waals surface area contributed by atoms with Crippen LogP contribution in [0.1, 0.15) is 5.69 Å². The number of allylic oxidation sites excluding steroid dienone is 1. The van der Waals surface area contributed by atoms with Crippen LogP contribution in [-0.2, 0) is 6.61 Å². The molecule has 0 spiro atoms. The first kappa shape index (κ1) is 23.1. The van der Waals surface area contributed by atoms with Crippen LogP contribution in [0.5, 0.6) is 0 Å². The van der Waals surface area contributed by atoms with Crippen molar-refractivity contribution < 1.29 is 27.5 Å². The lowest BCUT2D eigenvalue weighted by Crippen LogP contribution is -2.33. The lowest BCUT2D eigenvalue weighted by atomic mass is 10.2. The van der Waals surface area contributed by atoms with Crippen molar-refractivity contribution in [2.45, 2.75) is 12.8 Å². The largest absolute Gasteiger partial charge is 0.430 e. The number of carbonyl (C=O) groups excluding carboxylic acids is 1. The lowest BCUT2D eigenvalue weighted by molar-refractivity contribution is -0.0925. The van der Waals surface area contributed by atoms with E-state index >= 15 is 0 Å². The Morgan fingerprint density at radius 3 is 2.67 bits per heavy atom. The number of nitrogens with zero attached hydrogens (tertiary/aromatic N) is 2. The van der Waals surface area contributed by atoms with Gasteiger partial charge in [0, 0.05) is 11.1 Å². The number of hydrogen-bond donors (Lipinski definition) is 4. The van der Waals surface area contributed by atoms with Crippen molar-refractivity contribution in [1.82, 2.24) is 10.3 Å². The summed E-state index contributed by atoms with van der Waals surface area (Å²) in [6, 6.07) is 6.09. The van der Waals surface area contributed by atoms with Gasteiger partial charge in [-0.3, -0.25) is 9.98 Å². The molecule has 12 heteroatoms. The number of rotatable bonds is 6. The van der Waals surface area contributed by atoms with Gasteiger partial charge in [-0.25, -0.2) is 9.18 Å². The quantitative estimate of drug-likeness (QED) is 0.401. The summed E-state index contributed by atoms with van der Waals surface area (Å²) in [4.78, 5) is 19.6. The van der Waals surface area contributed by atoms with Crippen LogP contribution in [0.4, 0.5) is 33.7 Å². The number of nitrogens with one attached hydrogen (secondary N) is 2. The van der Waals surface area contributed by atoms with Crippen LogP contribution in [0.3, 0.4) is 0 Å². The molecule has 0 unspecified atom stereocenters. The van der Waals surface area contributed by atoms with E-state index in [4.69, 9.17) is 22.4 Å². The molecule has 2 aromatic rings. The topological polar surface area (TPSA) is 113 Å². The van der Waals surface area contributed by atoms with Crippen molar-refractivity contribution in [3.8, 4) is 0 Å². The highest BCUT2D eigenvalue weighted by Crippen LogP contribution is 2.22. The number of aliphatic imine (C=N–C) groups is 1. The first-order valence-electron chi connectivity index (χ1n) is 8.26. The van der Waals surface area contributed by atoms with Gasteiger partial charge in [0.05, 0.1) is 36.4 Å². The zero-order chi connectivity index (χ0) is 22.3. The second-order valence-corrected chi connectivity index (χ2v) is 6.24. The number of urea groups is 1. The van der Waals surface area contributed by atoms with E-state index < -0.39 is 36.9 Å². The Morgan fingerprint density at radius 1 is 1.33 bits per heavy atom. The number of benzene rings is 1. The summed E-state index contributed by atoms with van der Waals surface area (Å²) in [5.74, 6) is -0.834. The van der Waals surface area contributed by atoms with E-state index in [1.807, 2.05) is 0 Å². The van der Waals surface area contributed by atoms with Gasteiger partial charge in [0.1, 0.15) is 17.2 Å². The molecule has 2 rings (SSSR count). The van der Waals surface area contributed by atoms with Gasteiger partial charge in [-0.15, -0.1) is 0 Å². The number of aliphatic hydroxyl groups excluding tert-OH is 1. The van der Waals surface area contributed by atoms with Gasteiger partial charge in [-0.05, 0) is 24.3 Å². The molecule has 1 aromatic carbocycles. The van der Waals surface area contributed by atoms with Gasteiger partial charge >= 0.3 is 12.2 Å². The molecule has 7 nitrogen and oxygen atoms in total. The number of anilines is 1. The number of pyridine rings is 1. The Bertz CT molecular complexity index is 979. The number of hydrogen-bond acceptors (Lipinski definition) is 5. The zero-order valence-electron chi connectivity index (χ0n) is 15.2. The molecule has 0 bridgehead atoms. The van der Waals surface area contributed by atoms with E-state index in [9.17, 15) is 22.4 Å². The predicted molar refractivity (Wildman–Crippen MR) is 104 cm³/mol. The molecular weight excluding hydrogens is 430 g/mol. The fourth-order valence-electron chi connectivity index (χ4n) is 2.09. The molecule has 0 saturated carbocycles. The van der Waals surface area contributed by atoms with Gasteiger partial charge < -0.3 is 21.5 Å². The summed E-state index contributed by atoms with van der Waals surface area (Å²) >= 11 is 5.84. The second-order valence-electron chi connectivity index (χ2n) is 5.80. The lowest BCUT2D eigenvalue weighted by Gasteiger charge is -2.11. The molecule has 0 atom stereocenters. The van der Waals surface area contributed by atoms with E-state index in [0.717, 1.165) is 12.3 Å². The Labute approximate surface area is 173 Å². The number of amides is 2. The number of aromatic nitrogens is 1. The molecule has 0 saturated heterocycles. The normalized spacial score (nSPS) is 12.6. The van der Waals surface area contributed by atoms with E-state index in [1.54, 1.807) is 12.1 Å². The molecule has 0 aliphatic heterocycles. The van der Waals surface area contributed by atoms with Crippen LogP contribution in [0.15, 0.2) is 53.3 Å². The molecule has 0 aliphatic carbocycles. The van der Waals surface area contributed by atoms with E-state index in [2.05, 4.69) is 20.6 Å². The minimum Gasteiger partial charge on any atom is -0.395 e. The Kier molecular flexibility index (Phi) is 7.72. The minimum absolute atomic E-state index is 0.0270. The Morgan fingerprint density at radius 2 is 2.07 bits per heavy atom. The maximum absolute atomic E-state index is 13.6. The van der Waals surface area contributed by atoms with E-state index in [1.165, 1.54) is 12.1 Å². The summed E-state index contributed by atoms with van der Waals surface area (Å²) in [7, 11) is 0. The number of halogens is 5. The fourth-order valence-corrected chi connectivity index (χ4v) is 2.28. The highest BCUT2D eigenvalue weighted by atomic mass is 35.5. The highest BCUT2D eigenvalue weighted by Gasteiger charge is 2.31. The molecular formula is C18H16ClF4N5O2. The SMILES string of the molecule is NC(=CC(CNC(=O)Nc1cnc(CO)c(F)c1)=Nc1cccc(Cl)c1)C(F)(F)F. The third kappa shape index (κ3) is 7.01. The molecule has 160 valence electrons. The van der Waals surface area contributed by atoms with Gasteiger partial charge in [-0.1, -0.05) is 17.7 Å². The molecule has 1 heterocycles. The Hall–Kier alpha value is -3.18. The number of carbonyl (C=O) groups is 1. The van der Waals surface area contributed by atoms with Gasteiger partial charge in [0.25, 0.3) is 0 Å². The summed E-state index contributed by atoms with van der Waals surface area (Å²) < 4.78 is 51.9. The zero-order valence-corrected chi connectivity index (χ0v) is 15.9. The van der Waals surface area contributed by atoms with Crippen LogP contribution < -0.4 is 16.4 Å². The summed E-state index contributed by atoms with van der Waals surface area (Å²) in [5, 5.41) is 13.8. The average molecular weight is 446 g/mol. The van der Waals surface area contributed by atoms with Crippen molar-refractivity contribution in [1.29, 1.82) is 0 Å². The first-order chi connectivity index (χ1) is 14.1. The third-order valence-electron chi connectivity index (χ3n) is 3.49. The maximum Gasteiger partial charge on any atom is 0.430 e. The molecule has 0 radical (unpaired) electrons. The van der Waals surface area contributed by atoms with E-state index in [0.29, 0.717) is 11.1 Å². The molecule has 1 aromatic heterocycles. The molecule has 30 heavy (non-hydrogen) atoms. The molecule has 5 N–H and O–H groups in total. The Balaban J connectivity index is 2.15. The first-order valence-corrected chi connectivity index (χ1v) is 8.64. The third-order valence-corrected chi connectivity index (χ3v) is 3.72.